The highest BCUT2D eigenvalue weighted by atomic mass is 35.5. The van der Waals surface area contributed by atoms with Gasteiger partial charge in [0, 0.05) is 43.2 Å². The summed E-state index contributed by atoms with van der Waals surface area (Å²) in [6.45, 7) is 1.62. The Morgan fingerprint density at radius 2 is 2.00 bits per heavy atom. The molecular formula is C22H15ClF4N6O. The molecule has 0 aliphatic carbocycles. The molecule has 3 aromatic heterocycles. The molecule has 0 saturated carbocycles. The average Bonchev–Trinajstić information content (AvgIpc) is 3.36. The van der Waals surface area contributed by atoms with E-state index in [1.54, 1.807) is 29.8 Å². The molecule has 1 aromatic carbocycles. The van der Waals surface area contributed by atoms with Gasteiger partial charge in [0.15, 0.2) is 11.5 Å². The fourth-order valence-electron chi connectivity index (χ4n) is 3.95. The van der Waals surface area contributed by atoms with Gasteiger partial charge in [-0.1, -0.05) is 17.7 Å². The third-order valence-corrected chi connectivity index (χ3v) is 6.13. The van der Waals surface area contributed by atoms with Crippen molar-refractivity contribution in [2.24, 2.45) is 0 Å². The van der Waals surface area contributed by atoms with Gasteiger partial charge in [-0.05, 0) is 24.6 Å². The number of hydrogen-bond acceptors (Lipinski definition) is 5. The molecule has 0 bridgehead atoms. The molecule has 0 fully saturated rings. The summed E-state index contributed by atoms with van der Waals surface area (Å²) in [7, 11) is 0. The number of carbonyl (C=O) groups excluding carboxylic acids is 1. The van der Waals surface area contributed by atoms with Gasteiger partial charge in [0.1, 0.15) is 22.7 Å². The van der Waals surface area contributed by atoms with Crippen LogP contribution in [-0.4, -0.2) is 36.4 Å². The molecule has 1 atom stereocenters. The maximum atomic E-state index is 14.1. The van der Waals surface area contributed by atoms with E-state index in [2.05, 4.69) is 25.3 Å². The number of amides is 1. The number of carbonyl (C=O) groups is 1. The number of halogens is 5. The van der Waals surface area contributed by atoms with E-state index in [9.17, 15) is 22.4 Å². The minimum Gasteiger partial charge on any atom is -0.309 e. The summed E-state index contributed by atoms with van der Waals surface area (Å²) < 4.78 is 54.0. The lowest BCUT2D eigenvalue weighted by Crippen LogP contribution is -2.32. The number of alkyl halides is 3. The second-order valence-electron chi connectivity index (χ2n) is 8.01. The predicted molar refractivity (Wildman–Crippen MR) is 115 cm³/mol. The Balaban J connectivity index is 1.56. The molecule has 1 N–H and O–H groups in total. The first-order chi connectivity index (χ1) is 16.1. The fraction of sp³-hybridized carbons (Fsp3) is 0.227. The Morgan fingerprint density at radius 3 is 2.74 bits per heavy atom. The lowest BCUT2D eigenvalue weighted by Gasteiger charge is -2.22. The number of aromatic nitrogens is 5. The van der Waals surface area contributed by atoms with Crippen LogP contribution in [0.15, 0.2) is 43.0 Å². The van der Waals surface area contributed by atoms with Crippen LogP contribution in [0.1, 0.15) is 30.2 Å². The summed E-state index contributed by atoms with van der Waals surface area (Å²) >= 11 is 5.78. The standard InChI is InChI=1S/C22H15ClF4N6O/c1-21(11-2-3-13(23)14(24)8-11)12-9-29-18(31-17(12)32-20(21)34)16-10-33-7-6-28-19(33)15(30-16)4-5-22(25,26)27/h2-3,6-10H,4-5H2,1H3,(H,29,31,32,34). The molecule has 4 heterocycles. The zero-order valence-corrected chi connectivity index (χ0v) is 18.2. The van der Waals surface area contributed by atoms with Gasteiger partial charge in [-0.15, -0.1) is 0 Å². The van der Waals surface area contributed by atoms with Gasteiger partial charge in [0.05, 0.1) is 10.7 Å². The first-order valence-corrected chi connectivity index (χ1v) is 10.5. The number of hydrogen-bond donors (Lipinski definition) is 1. The van der Waals surface area contributed by atoms with Crippen LogP contribution in [-0.2, 0) is 16.6 Å². The van der Waals surface area contributed by atoms with Gasteiger partial charge < -0.3 is 9.72 Å². The third kappa shape index (κ3) is 3.65. The number of anilines is 1. The zero-order valence-electron chi connectivity index (χ0n) is 17.5. The van der Waals surface area contributed by atoms with Gasteiger partial charge in [0.2, 0.25) is 5.91 Å². The Bertz CT molecular complexity index is 1450. The van der Waals surface area contributed by atoms with Crippen molar-refractivity contribution >= 4 is 29.0 Å². The van der Waals surface area contributed by atoms with Crippen LogP contribution < -0.4 is 5.32 Å². The van der Waals surface area contributed by atoms with E-state index in [1.165, 1.54) is 24.5 Å². The van der Waals surface area contributed by atoms with Crippen LogP contribution in [0.4, 0.5) is 23.4 Å². The normalized spacial score (nSPS) is 17.8. The Morgan fingerprint density at radius 1 is 1.21 bits per heavy atom. The number of aryl methyl sites for hydroxylation is 1. The predicted octanol–water partition coefficient (Wildman–Crippen LogP) is 4.73. The molecule has 174 valence electrons. The molecule has 7 nitrogen and oxygen atoms in total. The highest BCUT2D eigenvalue weighted by molar-refractivity contribution is 6.30. The van der Waals surface area contributed by atoms with E-state index in [0.717, 1.165) is 0 Å². The molecule has 1 unspecified atom stereocenters. The molecule has 0 saturated heterocycles. The van der Waals surface area contributed by atoms with E-state index >= 15 is 0 Å². The van der Waals surface area contributed by atoms with E-state index in [1.807, 2.05) is 0 Å². The highest BCUT2D eigenvalue weighted by Crippen LogP contribution is 2.42. The van der Waals surface area contributed by atoms with Gasteiger partial charge in [-0.3, -0.25) is 4.79 Å². The maximum absolute atomic E-state index is 14.1. The molecular weight excluding hydrogens is 476 g/mol. The zero-order chi connectivity index (χ0) is 24.3. The Labute approximate surface area is 194 Å². The number of rotatable bonds is 4. The van der Waals surface area contributed by atoms with Crippen molar-refractivity contribution in [3.63, 3.8) is 0 Å². The summed E-state index contributed by atoms with van der Waals surface area (Å²) in [6, 6.07) is 4.10. The van der Waals surface area contributed by atoms with E-state index in [4.69, 9.17) is 11.6 Å². The smallest absolute Gasteiger partial charge is 0.309 e. The van der Waals surface area contributed by atoms with Gasteiger partial charge in [-0.2, -0.15) is 13.2 Å². The van der Waals surface area contributed by atoms with E-state index in [-0.39, 0.29) is 34.5 Å². The minimum absolute atomic E-state index is 0.0696. The number of imidazole rings is 1. The van der Waals surface area contributed by atoms with Gasteiger partial charge in [0.25, 0.3) is 0 Å². The van der Waals surface area contributed by atoms with Gasteiger partial charge in [-0.25, -0.2) is 24.3 Å². The van der Waals surface area contributed by atoms with Crippen molar-refractivity contribution in [3.05, 3.63) is 70.6 Å². The SMILES string of the molecule is CC1(c2ccc(Cl)c(F)c2)C(=O)Nc2nc(-c3cn4ccnc4c(CCC(F)(F)F)n3)ncc21. The highest BCUT2D eigenvalue weighted by Gasteiger charge is 2.46. The molecule has 1 aliphatic rings. The van der Waals surface area contributed by atoms with Crippen molar-refractivity contribution in [2.75, 3.05) is 5.32 Å². The lowest BCUT2D eigenvalue weighted by atomic mass is 9.78. The quantitative estimate of drug-likeness (QED) is 0.418. The summed E-state index contributed by atoms with van der Waals surface area (Å²) in [5.41, 5.74) is 0.192. The van der Waals surface area contributed by atoms with Crippen LogP contribution in [0.25, 0.3) is 17.2 Å². The monoisotopic (exact) mass is 490 g/mol. The van der Waals surface area contributed by atoms with E-state index in [0.29, 0.717) is 16.8 Å². The van der Waals surface area contributed by atoms with Crippen molar-refractivity contribution in [2.45, 2.75) is 31.4 Å². The first kappa shape index (κ1) is 22.2. The topological polar surface area (TPSA) is 85.1 Å². The molecule has 1 aliphatic heterocycles. The number of nitrogens with zero attached hydrogens (tertiary/aromatic N) is 5. The van der Waals surface area contributed by atoms with Crippen molar-refractivity contribution in [1.29, 1.82) is 0 Å². The molecule has 0 radical (unpaired) electrons. The average molecular weight is 491 g/mol. The summed E-state index contributed by atoms with van der Waals surface area (Å²) in [5.74, 6) is -0.783. The maximum Gasteiger partial charge on any atom is 0.389 e. The largest absolute Gasteiger partial charge is 0.389 e. The molecule has 4 aromatic rings. The van der Waals surface area contributed by atoms with Crippen LogP contribution in [0, 0.1) is 5.82 Å². The fourth-order valence-corrected chi connectivity index (χ4v) is 4.06. The molecule has 12 heteroatoms. The number of fused-ring (bicyclic) bond motifs is 2. The summed E-state index contributed by atoms with van der Waals surface area (Å²) in [6.07, 6.45) is 0.254. The van der Waals surface area contributed by atoms with Crippen LogP contribution in [0.2, 0.25) is 5.02 Å². The van der Waals surface area contributed by atoms with Crippen LogP contribution in [0.5, 0.6) is 0 Å². The molecule has 34 heavy (non-hydrogen) atoms. The second kappa shape index (κ2) is 7.73. The van der Waals surface area contributed by atoms with Gasteiger partial charge >= 0.3 is 6.18 Å². The Kier molecular flexibility index (Phi) is 5.05. The number of nitrogens with one attached hydrogen (secondary N) is 1. The molecule has 0 spiro atoms. The third-order valence-electron chi connectivity index (χ3n) is 5.83. The first-order valence-electron chi connectivity index (χ1n) is 10.1. The van der Waals surface area contributed by atoms with Crippen LogP contribution >= 0.6 is 11.6 Å². The van der Waals surface area contributed by atoms with Crippen molar-refractivity contribution in [3.8, 4) is 11.5 Å². The Hall–Kier alpha value is -3.60. The second-order valence-corrected chi connectivity index (χ2v) is 8.42. The lowest BCUT2D eigenvalue weighted by molar-refractivity contribution is -0.134. The minimum atomic E-state index is -4.35. The van der Waals surface area contributed by atoms with E-state index < -0.39 is 29.7 Å². The molecule has 5 rings (SSSR count). The number of benzene rings is 1. The van der Waals surface area contributed by atoms with Crippen LogP contribution in [0.3, 0.4) is 0 Å². The molecule has 1 amide bonds. The summed E-state index contributed by atoms with van der Waals surface area (Å²) in [4.78, 5) is 30.0. The summed E-state index contributed by atoms with van der Waals surface area (Å²) in [5, 5.41) is 2.61. The van der Waals surface area contributed by atoms with Crippen molar-refractivity contribution in [1.82, 2.24) is 24.3 Å². The van der Waals surface area contributed by atoms with Crippen molar-refractivity contribution < 1.29 is 22.4 Å².